The molecule has 0 atom stereocenters. The zero-order valence-corrected chi connectivity index (χ0v) is 15.6. The highest BCUT2D eigenvalue weighted by atomic mass is 32.2. The maximum atomic E-state index is 12.9. The van der Waals surface area contributed by atoms with Gasteiger partial charge in [-0.25, -0.2) is 14.7 Å². The number of urea groups is 1. The highest BCUT2D eigenvalue weighted by Crippen LogP contribution is 2.46. The van der Waals surface area contributed by atoms with Crippen LogP contribution < -0.4 is 10.2 Å². The SMILES string of the molecule is CCN(CC)CCCNC(=O)N1c2ccccc2Sc2cccnc21. The monoisotopic (exact) mass is 356 g/mol. The molecular weight excluding hydrogens is 332 g/mol. The van der Waals surface area contributed by atoms with E-state index in [9.17, 15) is 4.79 Å². The van der Waals surface area contributed by atoms with Crippen LogP contribution in [0.1, 0.15) is 20.3 Å². The van der Waals surface area contributed by atoms with Gasteiger partial charge in [0.25, 0.3) is 0 Å². The van der Waals surface area contributed by atoms with Gasteiger partial charge in [-0.15, -0.1) is 0 Å². The second-order valence-electron chi connectivity index (χ2n) is 5.84. The first-order chi connectivity index (χ1) is 12.2. The Morgan fingerprint density at radius 2 is 1.92 bits per heavy atom. The average Bonchev–Trinajstić information content (AvgIpc) is 2.66. The normalized spacial score (nSPS) is 12.7. The van der Waals surface area contributed by atoms with Gasteiger partial charge in [-0.3, -0.25) is 0 Å². The average molecular weight is 356 g/mol. The molecule has 2 aromatic rings. The molecule has 0 unspecified atom stereocenters. The Bertz CT molecular complexity index is 687. The van der Waals surface area contributed by atoms with Gasteiger partial charge >= 0.3 is 6.03 Å². The molecule has 3 rings (SSSR count). The maximum Gasteiger partial charge on any atom is 0.327 e. The molecule has 5 nitrogen and oxygen atoms in total. The molecule has 1 aromatic heterocycles. The number of fused-ring (bicyclic) bond motifs is 2. The topological polar surface area (TPSA) is 48.5 Å². The van der Waals surface area contributed by atoms with Crippen molar-refractivity contribution < 1.29 is 4.79 Å². The molecule has 132 valence electrons. The van der Waals surface area contributed by atoms with E-state index in [2.05, 4.69) is 29.0 Å². The molecule has 1 aliphatic rings. The number of nitrogens with one attached hydrogen (secondary N) is 1. The largest absolute Gasteiger partial charge is 0.337 e. The summed E-state index contributed by atoms with van der Waals surface area (Å²) in [7, 11) is 0. The van der Waals surface area contributed by atoms with E-state index in [-0.39, 0.29) is 6.03 Å². The summed E-state index contributed by atoms with van der Waals surface area (Å²) in [4.78, 5) is 23.4. The van der Waals surface area contributed by atoms with Crippen LogP contribution in [0.3, 0.4) is 0 Å². The third kappa shape index (κ3) is 3.96. The minimum atomic E-state index is -0.118. The van der Waals surface area contributed by atoms with Gasteiger partial charge in [0, 0.05) is 17.6 Å². The Morgan fingerprint density at radius 3 is 2.72 bits per heavy atom. The number of para-hydroxylation sites is 1. The van der Waals surface area contributed by atoms with E-state index in [4.69, 9.17) is 0 Å². The summed E-state index contributed by atoms with van der Waals surface area (Å²) in [5.74, 6) is 0.701. The Hall–Kier alpha value is -2.05. The van der Waals surface area contributed by atoms with E-state index >= 15 is 0 Å². The molecule has 1 aliphatic heterocycles. The number of pyridine rings is 1. The summed E-state index contributed by atoms with van der Waals surface area (Å²) in [6, 6.07) is 11.7. The molecular formula is C19H24N4OS. The van der Waals surface area contributed by atoms with Crippen LogP contribution in [0.15, 0.2) is 52.4 Å². The summed E-state index contributed by atoms with van der Waals surface area (Å²) in [5.41, 5.74) is 0.889. The van der Waals surface area contributed by atoms with E-state index in [0.717, 1.165) is 41.5 Å². The predicted octanol–water partition coefficient (Wildman–Crippen LogP) is 4.13. The standard InChI is InChI=1S/C19H24N4OS/c1-3-22(4-2)14-8-13-21-19(24)23-15-9-5-6-10-16(15)25-17-11-7-12-20-18(17)23/h5-7,9-12H,3-4,8,13-14H2,1-2H3,(H,21,24). The van der Waals surface area contributed by atoms with Crippen molar-refractivity contribution in [2.45, 2.75) is 30.1 Å². The van der Waals surface area contributed by atoms with Crippen molar-refractivity contribution in [3.63, 3.8) is 0 Å². The van der Waals surface area contributed by atoms with Crippen LogP contribution in [0.25, 0.3) is 0 Å². The Morgan fingerprint density at radius 1 is 1.16 bits per heavy atom. The minimum Gasteiger partial charge on any atom is -0.337 e. The van der Waals surface area contributed by atoms with Crippen molar-refractivity contribution in [2.24, 2.45) is 0 Å². The van der Waals surface area contributed by atoms with Crippen molar-refractivity contribution in [1.82, 2.24) is 15.2 Å². The van der Waals surface area contributed by atoms with Crippen LogP contribution in [-0.2, 0) is 0 Å². The summed E-state index contributed by atoms with van der Waals surface area (Å²) < 4.78 is 0. The molecule has 0 fully saturated rings. The van der Waals surface area contributed by atoms with Crippen molar-refractivity contribution in [2.75, 3.05) is 31.1 Å². The van der Waals surface area contributed by atoms with E-state index < -0.39 is 0 Å². The highest BCUT2D eigenvalue weighted by molar-refractivity contribution is 7.99. The number of aromatic nitrogens is 1. The van der Waals surface area contributed by atoms with Crippen molar-refractivity contribution in [3.05, 3.63) is 42.6 Å². The van der Waals surface area contributed by atoms with E-state index in [1.165, 1.54) is 0 Å². The molecule has 0 aliphatic carbocycles. The van der Waals surface area contributed by atoms with E-state index in [1.807, 2.05) is 36.4 Å². The number of rotatable bonds is 6. The lowest BCUT2D eigenvalue weighted by molar-refractivity contribution is 0.246. The minimum absolute atomic E-state index is 0.118. The van der Waals surface area contributed by atoms with Gasteiger partial charge in [-0.2, -0.15) is 0 Å². The van der Waals surface area contributed by atoms with Gasteiger partial charge in [0.05, 0.1) is 10.6 Å². The second-order valence-corrected chi connectivity index (χ2v) is 6.93. The van der Waals surface area contributed by atoms with Crippen LogP contribution in [-0.4, -0.2) is 42.1 Å². The Labute approximate surface area is 153 Å². The molecule has 0 radical (unpaired) electrons. The van der Waals surface area contributed by atoms with Gasteiger partial charge in [-0.05, 0) is 50.3 Å². The fourth-order valence-electron chi connectivity index (χ4n) is 2.91. The molecule has 2 heterocycles. The van der Waals surface area contributed by atoms with Gasteiger partial charge in [-0.1, -0.05) is 37.7 Å². The summed E-state index contributed by atoms with van der Waals surface area (Å²) >= 11 is 1.65. The molecule has 0 saturated carbocycles. The lowest BCUT2D eigenvalue weighted by Gasteiger charge is -2.29. The smallest absolute Gasteiger partial charge is 0.327 e. The zero-order chi connectivity index (χ0) is 17.6. The summed E-state index contributed by atoms with van der Waals surface area (Å²) in [6.07, 6.45) is 2.67. The molecule has 1 N–H and O–H groups in total. The van der Waals surface area contributed by atoms with Crippen LogP contribution in [0.2, 0.25) is 0 Å². The van der Waals surface area contributed by atoms with Crippen molar-refractivity contribution in [1.29, 1.82) is 0 Å². The van der Waals surface area contributed by atoms with Gasteiger partial charge in [0.1, 0.15) is 0 Å². The van der Waals surface area contributed by atoms with Gasteiger partial charge in [0.15, 0.2) is 5.82 Å². The fraction of sp³-hybridized carbons (Fsp3) is 0.368. The number of hydrogen-bond donors (Lipinski definition) is 1. The zero-order valence-electron chi connectivity index (χ0n) is 14.7. The first-order valence-electron chi connectivity index (χ1n) is 8.76. The number of nitrogens with zero attached hydrogens (tertiary/aromatic N) is 3. The molecule has 1 aromatic carbocycles. The van der Waals surface area contributed by atoms with E-state index in [0.29, 0.717) is 12.4 Å². The number of carbonyl (C=O) groups excluding carboxylic acids is 1. The van der Waals surface area contributed by atoms with Crippen molar-refractivity contribution >= 4 is 29.3 Å². The van der Waals surface area contributed by atoms with Gasteiger partial charge in [0.2, 0.25) is 0 Å². The Balaban J connectivity index is 1.72. The number of hydrogen-bond acceptors (Lipinski definition) is 4. The number of anilines is 2. The van der Waals surface area contributed by atoms with Crippen LogP contribution >= 0.6 is 11.8 Å². The summed E-state index contributed by atoms with van der Waals surface area (Å²) in [5, 5.41) is 3.05. The van der Waals surface area contributed by atoms with Crippen molar-refractivity contribution in [3.8, 4) is 0 Å². The fourth-order valence-corrected chi connectivity index (χ4v) is 3.94. The lowest BCUT2D eigenvalue weighted by Crippen LogP contribution is -2.40. The molecule has 0 spiro atoms. The molecule has 0 saturated heterocycles. The molecule has 6 heteroatoms. The molecule has 0 bridgehead atoms. The first kappa shape index (κ1) is 17.8. The Kier molecular flexibility index (Phi) is 5.94. The van der Waals surface area contributed by atoms with Gasteiger partial charge < -0.3 is 10.2 Å². The lowest BCUT2D eigenvalue weighted by atomic mass is 10.2. The number of amides is 2. The predicted molar refractivity (Wildman–Crippen MR) is 103 cm³/mol. The summed E-state index contributed by atoms with van der Waals surface area (Å²) in [6.45, 7) is 8.05. The number of carbonyl (C=O) groups is 1. The van der Waals surface area contributed by atoms with Crippen LogP contribution in [0.5, 0.6) is 0 Å². The van der Waals surface area contributed by atoms with Crippen LogP contribution in [0.4, 0.5) is 16.3 Å². The van der Waals surface area contributed by atoms with E-state index in [1.54, 1.807) is 22.9 Å². The quantitative estimate of drug-likeness (QED) is 0.791. The maximum absolute atomic E-state index is 12.9. The molecule has 2 amide bonds. The molecule has 25 heavy (non-hydrogen) atoms. The highest BCUT2D eigenvalue weighted by Gasteiger charge is 2.28. The first-order valence-corrected chi connectivity index (χ1v) is 9.58. The third-order valence-corrected chi connectivity index (χ3v) is 5.42. The van der Waals surface area contributed by atoms with Crippen LogP contribution in [0, 0.1) is 0 Å². The number of benzene rings is 1. The second kappa shape index (κ2) is 8.36. The third-order valence-electron chi connectivity index (χ3n) is 4.31.